The fourth-order valence-electron chi connectivity index (χ4n) is 2.28. The lowest BCUT2D eigenvalue weighted by Crippen LogP contribution is -2.34. The third-order valence-corrected chi connectivity index (χ3v) is 5.27. The van der Waals surface area contributed by atoms with Crippen LogP contribution in [-0.4, -0.2) is 23.1 Å². The summed E-state index contributed by atoms with van der Waals surface area (Å²) in [7, 11) is 1.87. The van der Waals surface area contributed by atoms with E-state index in [1.165, 1.54) is 5.56 Å². The summed E-state index contributed by atoms with van der Waals surface area (Å²) in [6.45, 7) is 4.75. The van der Waals surface area contributed by atoms with Crippen LogP contribution >= 0.6 is 23.4 Å². The minimum atomic E-state index is -0.0772. The Balaban J connectivity index is 2.00. The Morgan fingerprint density at radius 1 is 1.13 bits per heavy atom. The van der Waals surface area contributed by atoms with Gasteiger partial charge in [0.05, 0.1) is 5.25 Å². The van der Waals surface area contributed by atoms with E-state index in [1.807, 2.05) is 43.1 Å². The van der Waals surface area contributed by atoms with Crippen LogP contribution in [-0.2, 0) is 11.3 Å². The molecule has 0 spiro atoms. The molecule has 0 radical (unpaired) electrons. The first-order valence-corrected chi connectivity index (χ1v) is 8.98. The molecule has 2 aromatic carbocycles. The third kappa shape index (κ3) is 5.29. The Hall–Kier alpha value is -1.45. The lowest BCUT2D eigenvalue weighted by atomic mass is 10.1. The number of amides is 1. The van der Waals surface area contributed by atoms with Gasteiger partial charge in [0, 0.05) is 23.5 Å². The first kappa shape index (κ1) is 17.9. The van der Waals surface area contributed by atoms with Crippen molar-refractivity contribution in [1.29, 1.82) is 0 Å². The summed E-state index contributed by atoms with van der Waals surface area (Å²) in [6.07, 6.45) is 0.796. The molecule has 1 amide bonds. The smallest absolute Gasteiger partial charge is 0.236 e. The Labute approximate surface area is 147 Å². The van der Waals surface area contributed by atoms with Crippen LogP contribution in [0.1, 0.15) is 24.5 Å². The van der Waals surface area contributed by atoms with Gasteiger partial charge in [0.1, 0.15) is 0 Å². The normalized spacial score (nSPS) is 12.0. The summed E-state index contributed by atoms with van der Waals surface area (Å²) in [4.78, 5) is 15.6. The molecule has 0 aliphatic carbocycles. The van der Waals surface area contributed by atoms with Gasteiger partial charge in [-0.25, -0.2) is 0 Å². The molecule has 23 heavy (non-hydrogen) atoms. The van der Waals surface area contributed by atoms with Crippen LogP contribution in [0.15, 0.2) is 53.4 Å². The SMILES string of the molecule is CC[C@H](Sc1ccc(Cl)cc1)C(=O)N(C)Cc1ccc(C)cc1. The van der Waals surface area contributed by atoms with Crippen molar-refractivity contribution in [1.82, 2.24) is 4.90 Å². The number of carbonyl (C=O) groups excluding carboxylic acids is 1. The van der Waals surface area contributed by atoms with E-state index in [9.17, 15) is 4.79 Å². The van der Waals surface area contributed by atoms with Gasteiger partial charge in [-0.05, 0) is 43.2 Å². The van der Waals surface area contributed by atoms with Crippen LogP contribution in [0.3, 0.4) is 0 Å². The van der Waals surface area contributed by atoms with Crippen molar-refractivity contribution >= 4 is 29.3 Å². The van der Waals surface area contributed by atoms with Crippen molar-refractivity contribution in [2.75, 3.05) is 7.05 Å². The van der Waals surface area contributed by atoms with Gasteiger partial charge in [0.25, 0.3) is 0 Å². The molecule has 0 aliphatic heterocycles. The Morgan fingerprint density at radius 2 is 1.74 bits per heavy atom. The molecule has 0 bridgehead atoms. The summed E-state index contributed by atoms with van der Waals surface area (Å²) >= 11 is 7.51. The van der Waals surface area contributed by atoms with Gasteiger partial charge in [0.15, 0.2) is 0 Å². The molecule has 0 saturated heterocycles. The zero-order valence-electron chi connectivity index (χ0n) is 13.8. The zero-order valence-corrected chi connectivity index (χ0v) is 15.3. The van der Waals surface area contributed by atoms with E-state index in [0.717, 1.165) is 16.9 Å². The minimum Gasteiger partial charge on any atom is -0.340 e. The molecule has 122 valence electrons. The molecule has 0 fully saturated rings. The van der Waals surface area contributed by atoms with Crippen LogP contribution in [0, 0.1) is 6.92 Å². The second-order valence-electron chi connectivity index (χ2n) is 5.65. The Kier molecular flexibility index (Phi) is 6.55. The molecular formula is C19H22ClNOS. The van der Waals surface area contributed by atoms with E-state index in [0.29, 0.717) is 11.6 Å². The fourth-order valence-corrected chi connectivity index (χ4v) is 3.47. The Morgan fingerprint density at radius 3 is 2.30 bits per heavy atom. The fraction of sp³-hybridized carbons (Fsp3) is 0.316. The quantitative estimate of drug-likeness (QED) is 0.671. The number of halogens is 1. The predicted octanol–water partition coefficient (Wildman–Crippen LogP) is 5.18. The van der Waals surface area contributed by atoms with Crippen molar-refractivity contribution in [3.8, 4) is 0 Å². The van der Waals surface area contributed by atoms with Crippen LogP contribution in [0.2, 0.25) is 5.02 Å². The largest absolute Gasteiger partial charge is 0.340 e. The lowest BCUT2D eigenvalue weighted by Gasteiger charge is -2.23. The number of hydrogen-bond donors (Lipinski definition) is 0. The zero-order chi connectivity index (χ0) is 16.8. The lowest BCUT2D eigenvalue weighted by molar-refractivity contribution is -0.129. The van der Waals surface area contributed by atoms with Gasteiger partial charge in [-0.2, -0.15) is 0 Å². The molecule has 1 atom stereocenters. The van der Waals surface area contributed by atoms with Crippen molar-refractivity contribution in [3.63, 3.8) is 0 Å². The van der Waals surface area contributed by atoms with Gasteiger partial charge in [-0.3, -0.25) is 4.79 Å². The molecule has 2 aromatic rings. The van der Waals surface area contributed by atoms with Crippen LogP contribution in [0.25, 0.3) is 0 Å². The minimum absolute atomic E-state index is 0.0772. The molecule has 0 saturated carbocycles. The number of aryl methyl sites for hydroxylation is 1. The summed E-state index contributed by atoms with van der Waals surface area (Å²) < 4.78 is 0. The van der Waals surface area contributed by atoms with Crippen molar-refractivity contribution in [3.05, 3.63) is 64.7 Å². The van der Waals surface area contributed by atoms with E-state index in [1.54, 1.807) is 11.8 Å². The summed E-state index contributed by atoms with van der Waals surface area (Å²) in [5, 5.41) is 0.636. The van der Waals surface area contributed by atoms with Gasteiger partial charge in [-0.15, -0.1) is 11.8 Å². The number of rotatable bonds is 6. The maximum atomic E-state index is 12.7. The van der Waals surface area contributed by atoms with Crippen molar-refractivity contribution in [2.24, 2.45) is 0 Å². The molecule has 0 aliphatic rings. The molecule has 4 heteroatoms. The van der Waals surface area contributed by atoms with Gasteiger partial charge in [0.2, 0.25) is 5.91 Å². The molecule has 0 heterocycles. The molecule has 0 unspecified atom stereocenters. The average molecular weight is 348 g/mol. The predicted molar refractivity (Wildman–Crippen MR) is 99.0 cm³/mol. The second-order valence-corrected chi connectivity index (χ2v) is 7.36. The van der Waals surface area contributed by atoms with E-state index >= 15 is 0 Å². The first-order valence-electron chi connectivity index (χ1n) is 7.72. The van der Waals surface area contributed by atoms with Gasteiger partial charge >= 0.3 is 0 Å². The van der Waals surface area contributed by atoms with Crippen molar-refractivity contribution < 1.29 is 4.79 Å². The van der Waals surface area contributed by atoms with Gasteiger partial charge < -0.3 is 4.90 Å². The highest BCUT2D eigenvalue weighted by molar-refractivity contribution is 8.00. The second kappa shape index (κ2) is 8.42. The van der Waals surface area contributed by atoms with Crippen LogP contribution in [0.5, 0.6) is 0 Å². The Bertz CT molecular complexity index is 639. The van der Waals surface area contributed by atoms with Crippen LogP contribution in [0.4, 0.5) is 0 Å². The molecule has 2 rings (SSSR count). The molecule has 0 N–H and O–H groups in total. The van der Waals surface area contributed by atoms with E-state index < -0.39 is 0 Å². The van der Waals surface area contributed by atoms with Crippen LogP contribution < -0.4 is 0 Å². The number of hydrogen-bond acceptors (Lipinski definition) is 2. The topological polar surface area (TPSA) is 20.3 Å². The van der Waals surface area contributed by atoms with Gasteiger partial charge in [-0.1, -0.05) is 48.4 Å². The van der Waals surface area contributed by atoms with E-state index in [4.69, 9.17) is 11.6 Å². The number of benzene rings is 2. The van der Waals surface area contributed by atoms with E-state index in [-0.39, 0.29) is 11.2 Å². The number of thioether (sulfide) groups is 1. The highest BCUT2D eigenvalue weighted by atomic mass is 35.5. The maximum absolute atomic E-state index is 12.7. The third-order valence-electron chi connectivity index (χ3n) is 3.65. The standard InChI is InChI=1S/C19H22ClNOS/c1-4-18(23-17-11-9-16(20)10-12-17)19(22)21(3)13-15-7-5-14(2)6-8-15/h5-12,18H,4,13H2,1-3H3/t18-/m0/s1. The highest BCUT2D eigenvalue weighted by Crippen LogP contribution is 2.28. The average Bonchev–Trinajstić information content (AvgIpc) is 2.55. The summed E-state index contributed by atoms with van der Waals surface area (Å²) in [5.41, 5.74) is 2.38. The molecule has 2 nitrogen and oxygen atoms in total. The summed E-state index contributed by atoms with van der Waals surface area (Å²) in [6, 6.07) is 15.9. The monoisotopic (exact) mass is 347 g/mol. The number of carbonyl (C=O) groups is 1. The molecule has 0 aromatic heterocycles. The summed E-state index contributed by atoms with van der Waals surface area (Å²) in [5.74, 6) is 0.160. The van der Waals surface area contributed by atoms with Crippen molar-refractivity contribution in [2.45, 2.75) is 37.0 Å². The maximum Gasteiger partial charge on any atom is 0.236 e. The first-order chi connectivity index (χ1) is 11.0. The molecular weight excluding hydrogens is 326 g/mol. The van der Waals surface area contributed by atoms with E-state index in [2.05, 4.69) is 31.2 Å². The number of nitrogens with zero attached hydrogens (tertiary/aromatic N) is 1. The highest BCUT2D eigenvalue weighted by Gasteiger charge is 2.21.